The third-order valence-corrected chi connectivity index (χ3v) is 6.37. The number of hydrogen-bond acceptors (Lipinski definition) is 12. The van der Waals surface area contributed by atoms with Crippen molar-refractivity contribution in [3.8, 4) is 12.5 Å². The summed E-state index contributed by atoms with van der Waals surface area (Å²) in [5, 5.41) is 0. The molecule has 0 spiro atoms. The van der Waals surface area contributed by atoms with Gasteiger partial charge in [0.05, 0.1) is 26.4 Å². The van der Waals surface area contributed by atoms with Crippen LogP contribution in [0.4, 0.5) is 0 Å². The molecule has 1 aliphatic carbocycles. The van der Waals surface area contributed by atoms with Crippen LogP contribution in [0, 0.1) is 12.5 Å². The number of allylic oxidation sites excluding steroid dienone is 3. The number of terminal acetylenes is 1. The van der Waals surface area contributed by atoms with Crippen molar-refractivity contribution in [1.29, 1.82) is 0 Å². The van der Waals surface area contributed by atoms with Crippen LogP contribution in [0.3, 0.4) is 0 Å². The zero-order chi connectivity index (χ0) is 24.2. The van der Waals surface area contributed by atoms with Crippen molar-refractivity contribution in [2.75, 3.05) is 33.0 Å². The number of phosphoric acid groups is 2. The SMILES string of the molecule is C#COP(=O)(OCC)OCC(COC(=O)C1=CC(=O)C=CC1=O)OP(=O)(OCC)OCC. The molecule has 0 aromatic rings. The van der Waals surface area contributed by atoms with E-state index >= 15 is 0 Å². The lowest BCUT2D eigenvalue weighted by Gasteiger charge is -2.24. The Morgan fingerprint density at radius 1 is 0.969 bits per heavy atom. The summed E-state index contributed by atoms with van der Waals surface area (Å²) in [6.45, 7) is 3.11. The van der Waals surface area contributed by atoms with E-state index in [1.807, 2.05) is 0 Å². The highest BCUT2D eigenvalue weighted by molar-refractivity contribution is 7.49. The van der Waals surface area contributed by atoms with Crippen molar-refractivity contribution in [3.63, 3.8) is 0 Å². The first kappa shape index (κ1) is 27.9. The summed E-state index contributed by atoms with van der Waals surface area (Å²) >= 11 is 0. The van der Waals surface area contributed by atoms with Gasteiger partial charge in [0.25, 0.3) is 0 Å². The van der Waals surface area contributed by atoms with E-state index in [0.29, 0.717) is 0 Å². The maximum Gasteiger partial charge on any atom is 0.538 e. The van der Waals surface area contributed by atoms with Crippen LogP contribution in [0.15, 0.2) is 23.8 Å². The molecule has 0 radical (unpaired) electrons. The van der Waals surface area contributed by atoms with Gasteiger partial charge in [-0.1, -0.05) is 6.42 Å². The summed E-state index contributed by atoms with van der Waals surface area (Å²) in [5.41, 5.74) is -0.509. The molecule has 1 aliphatic rings. The summed E-state index contributed by atoms with van der Waals surface area (Å²) in [4.78, 5) is 35.4. The molecule has 0 amide bonds. The van der Waals surface area contributed by atoms with E-state index in [-0.39, 0.29) is 19.8 Å². The Kier molecular flexibility index (Phi) is 11.8. The second-order valence-electron chi connectivity index (χ2n) is 5.64. The van der Waals surface area contributed by atoms with Gasteiger partial charge in [-0.25, -0.2) is 13.9 Å². The first-order valence-corrected chi connectivity index (χ1v) is 12.3. The van der Waals surface area contributed by atoms with Gasteiger partial charge in [-0.05, 0) is 32.9 Å². The second-order valence-corrected chi connectivity index (χ2v) is 8.85. The average molecular weight is 494 g/mol. The molecule has 0 fully saturated rings. The molecular weight excluding hydrogens is 470 g/mol. The molecule has 12 nitrogen and oxygen atoms in total. The fourth-order valence-electron chi connectivity index (χ4n) is 2.11. The van der Waals surface area contributed by atoms with E-state index in [9.17, 15) is 23.5 Å². The monoisotopic (exact) mass is 494 g/mol. The maximum absolute atomic E-state index is 12.7. The maximum atomic E-state index is 12.7. The van der Waals surface area contributed by atoms with Crippen LogP contribution in [0.25, 0.3) is 0 Å². The topological polar surface area (TPSA) is 150 Å². The molecule has 0 heterocycles. The van der Waals surface area contributed by atoms with E-state index in [1.54, 1.807) is 6.11 Å². The summed E-state index contributed by atoms with van der Waals surface area (Å²) in [5.74, 6) is -2.45. The number of ketones is 2. The average Bonchev–Trinajstić information content (AvgIpc) is 2.72. The molecule has 14 heteroatoms. The van der Waals surface area contributed by atoms with Crippen molar-refractivity contribution in [2.45, 2.75) is 26.9 Å². The number of ether oxygens (including phenoxy) is 1. The molecule has 0 aromatic carbocycles. The highest BCUT2D eigenvalue weighted by Crippen LogP contribution is 2.52. The highest BCUT2D eigenvalue weighted by atomic mass is 31.2. The lowest BCUT2D eigenvalue weighted by molar-refractivity contribution is -0.143. The minimum atomic E-state index is -4.21. The Morgan fingerprint density at radius 3 is 2.12 bits per heavy atom. The number of carbonyl (C=O) groups is 3. The first-order valence-electron chi connectivity index (χ1n) is 9.37. The third-order valence-electron chi connectivity index (χ3n) is 3.29. The molecule has 0 saturated heterocycles. The van der Waals surface area contributed by atoms with E-state index in [1.165, 1.54) is 20.8 Å². The predicted molar refractivity (Wildman–Crippen MR) is 109 cm³/mol. The lowest BCUT2D eigenvalue weighted by atomic mass is 10.0. The number of carbonyl (C=O) groups excluding carboxylic acids is 3. The molecule has 2 unspecified atom stereocenters. The van der Waals surface area contributed by atoms with Gasteiger partial charge in [0.1, 0.15) is 24.4 Å². The number of esters is 1. The van der Waals surface area contributed by atoms with Gasteiger partial charge in [0.2, 0.25) is 0 Å². The predicted octanol–water partition coefficient (Wildman–Crippen LogP) is 2.50. The number of hydrogen-bond donors (Lipinski definition) is 0. The van der Waals surface area contributed by atoms with Gasteiger partial charge >= 0.3 is 21.6 Å². The summed E-state index contributed by atoms with van der Waals surface area (Å²) in [7, 11) is -8.34. The van der Waals surface area contributed by atoms with Crippen LogP contribution in [-0.4, -0.2) is 56.7 Å². The smallest absolute Gasteiger partial charge is 0.459 e. The number of rotatable bonds is 15. The van der Waals surface area contributed by atoms with Crippen LogP contribution >= 0.6 is 15.6 Å². The van der Waals surface area contributed by atoms with Gasteiger partial charge in [-0.2, -0.15) is 0 Å². The van der Waals surface area contributed by atoms with Crippen molar-refractivity contribution in [1.82, 2.24) is 0 Å². The molecule has 1 rings (SSSR count). The molecule has 178 valence electrons. The molecule has 0 aromatic heterocycles. The van der Waals surface area contributed by atoms with Crippen LogP contribution in [-0.2, 0) is 55.4 Å². The zero-order valence-corrected chi connectivity index (χ0v) is 19.5. The quantitative estimate of drug-likeness (QED) is 0.108. The Bertz CT molecular complexity index is 875. The van der Waals surface area contributed by atoms with Gasteiger partial charge in [-0.15, -0.1) is 0 Å². The normalized spacial score (nSPS) is 16.6. The molecule has 0 bridgehead atoms. The fourth-order valence-corrected chi connectivity index (χ4v) is 4.40. The summed E-state index contributed by atoms with van der Waals surface area (Å²) in [6, 6.07) is 0. The molecule has 0 N–H and O–H groups in total. The second kappa shape index (κ2) is 13.5. The Morgan fingerprint density at radius 2 is 1.56 bits per heavy atom. The minimum Gasteiger partial charge on any atom is -0.459 e. The Labute approximate surface area is 185 Å². The van der Waals surface area contributed by atoms with Crippen molar-refractivity contribution in [2.24, 2.45) is 0 Å². The van der Waals surface area contributed by atoms with Crippen LogP contribution in [0.2, 0.25) is 0 Å². The summed E-state index contributed by atoms with van der Waals surface area (Å²) < 4.78 is 59.9. The number of phosphoric ester groups is 2. The fraction of sp³-hybridized carbons (Fsp3) is 0.500. The van der Waals surface area contributed by atoms with E-state index in [4.69, 9.17) is 33.8 Å². The molecule has 0 saturated carbocycles. The van der Waals surface area contributed by atoms with Gasteiger partial charge < -0.3 is 9.26 Å². The van der Waals surface area contributed by atoms with Crippen LogP contribution in [0.1, 0.15) is 20.8 Å². The molecule has 2 atom stereocenters. The lowest BCUT2D eigenvalue weighted by Crippen LogP contribution is -2.29. The van der Waals surface area contributed by atoms with Crippen molar-refractivity contribution in [3.05, 3.63) is 23.8 Å². The van der Waals surface area contributed by atoms with E-state index in [0.717, 1.165) is 18.2 Å². The molecule has 0 aliphatic heterocycles. The van der Waals surface area contributed by atoms with Gasteiger partial charge in [0, 0.05) is 6.08 Å². The zero-order valence-electron chi connectivity index (χ0n) is 17.7. The molecular formula is C18H24O12P2. The van der Waals surface area contributed by atoms with E-state index in [2.05, 4.69) is 4.52 Å². The Balaban J connectivity index is 2.98. The third kappa shape index (κ3) is 9.18. The van der Waals surface area contributed by atoms with Crippen LogP contribution < -0.4 is 0 Å². The highest BCUT2D eigenvalue weighted by Gasteiger charge is 2.35. The van der Waals surface area contributed by atoms with Crippen molar-refractivity contribution >= 4 is 33.2 Å². The first-order chi connectivity index (χ1) is 15.1. The van der Waals surface area contributed by atoms with Gasteiger partial charge in [0.15, 0.2) is 11.6 Å². The van der Waals surface area contributed by atoms with Crippen molar-refractivity contribution < 1.29 is 55.4 Å². The largest absolute Gasteiger partial charge is 0.538 e. The van der Waals surface area contributed by atoms with Gasteiger partial charge in [-0.3, -0.25) is 32.2 Å². The minimum absolute atomic E-state index is 0.0435. The molecule has 32 heavy (non-hydrogen) atoms. The summed E-state index contributed by atoms with van der Waals surface area (Å²) in [6.07, 6.45) is 8.00. The van der Waals surface area contributed by atoms with E-state index < -0.39 is 58.1 Å². The van der Waals surface area contributed by atoms with Crippen LogP contribution in [0.5, 0.6) is 0 Å². The Hall–Kier alpha value is -2.09. The standard InChI is InChI=1S/C18H24O12P2/c1-5-25-31(22,26-6-2)29-13-15(30-32(23,27-7-3)28-8-4)12-24-18(21)16-11-14(19)9-10-17(16)20/h1,9-11,15H,6-8,12-13H2,2-4H3.